The molecule has 0 aliphatic rings. The van der Waals surface area contributed by atoms with Crippen LogP contribution in [0.15, 0.2) is 0 Å². The number of carbonyl (C=O) groups excluding carboxylic acids is 1. The topological polar surface area (TPSA) is 78.8 Å². The number of alkyl halides is 3. The van der Waals surface area contributed by atoms with E-state index in [4.69, 9.17) is 10.2 Å². The molecule has 0 heterocycles. The number of hydrogen-bond acceptors (Lipinski definition) is 4. The maximum absolute atomic E-state index is 11.5. The van der Waals surface area contributed by atoms with Crippen molar-refractivity contribution in [2.45, 2.75) is 12.3 Å². The minimum Gasteiger partial charge on any atom is -0.440 e. The smallest absolute Gasteiger partial charge is 0.422 e. The first-order valence-electron chi connectivity index (χ1n) is 3.61. The third kappa shape index (κ3) is 7.62. The van der Waals surface area contributed by atoms with Crippen molar-refractivity contribution in [2.75, 3.05) is 19.8 Å². The lowest BCUT2D eigenvalue weighted by Crippen LogP contribution is -2.35. The molecule has 0 rings (SSSR count). The summed E-state index contributed by atoms with van der Waals surface area (Å²) in [5, 5.41) is 18.8. The Labute approximate surface area is 77.5 Å². The number of amides is 1. The molecule has 14 heavy (non-hydrogen) atoms. The molecule has 3 N–H and O–H groups in total. The van der Waals surface area contributed by atoms with Crippen LogP contribution in [0.2, 0.25) is 0 Å². The summed E-state index contributed by atoms with van der Waals surface area (Å²) in [5.74, 6) is 0. The van der Waals surface area contributed by atoms with Crippen LogP contribution in [0, 0.1) is 0 Å². The minimum atomic E-state index is -4.58. The average Bonchev–Trinajstić information content (AvgIpc) is 2.09. The van der Waals surface area contributed by atoms with Gasteiger partial charge in [0.1, 0.15) is 0 Å². The van der Waals surface area contributed by atoms with E-state index in [1.807, 2.05) is 5.32 Å². The second-order valence-electron chi connectivity index (χ2n) is 2.41. The fourth-order valence-electron chi connectivity index (χ4n) is 0.464. The SMILES string of the molecule is O=C(NCC(O)CO)OCC(F)(F)F. The highest BCUT2D eigenvalue weighted by Crippen LogP contribution is 2.14. The average molecular weight is 217 g/mol. The monoisotopic (exact) mass is 217 g/mol. The molecule has 1 amide bonds. The third-order valence-electron chi connectivity index (χ3n) is 1.06. The highest BCUT2D eigenvalue weighted by molar-refractivity contribution is 5.67. The molecule has 0 saturated heterocycles. The molecule has 8 heteroatoms. The summed E-state index contributed by atoms with van der Waals surface area (Å²) in [6, 6.07) is 0. The van der Waals surface area contributed by atoms with E-state index in [0.29, 0.717) is 0 Å². The van der Waals surface area contributed by atoms with Crippen LogP contribution in [0.4, 0.5) is 18.0 Å². The van der Waals surface area contributed by atoms with Gasteiger partial charge in [-0.15, -0.1) is 0 Å². The second kappa shape index (κ2) is 5.66. The van der Waals surface area contributed by atoms with Gasteiger partial charge in [0.25, 0.3) is 0 Å². The lowest BCUT2D eigenvalue weighted by molar-refractivity contribution is -0.160. The molecule has 1 unspecified atom stereocenters. The zero-order valence-corrected chi connectivity index (χ0v) is 7.04. The van der Waals surface area contributed by atoms with Gasteiger partial charge >= 0.3 is 12.3 Å². The quantitative estimate of drug-likeness (QED) is 0.600. The molecule has 0 aromatic heterocycles. The highest BCUT2D eigenvalue weighted by atomic mass is 19.4. The summed E-state index contributed by atoms with van der Waals surface area (Å²) in [5.41, 5.74) is 0. The second-order valence-corrected chi connectivity index (χ2v) is 2.41. The molecule has 0 aliphatic carbocycles. The number of aliphatic hydroxyl groups is 2. The molecule has 84 valence electrons. The minimum absolute atomic E-state index is 0.368. The number of rotatable bonds is 4. The van der Waals surface area contributed by atoms with Crippen LogP contribution in [-0.2, 0) is 4.74 Å². The zero-order valence-electron chi connectivity index (χ0n) is 7.04. The van der Waals surface area contributed by atoms with Crippen molar-refractivity contribution < 1.29 is 32.9 Å². The van der Waals surface area contributed by atoms with Gasteiger partial charge in [-0.3, -0.25) is 0 Å². The van der Waals surface area contributed by atoms with Crippen molar-refractivity contribution >= 4 is 6.09 Å². The Morgan fingerprint density at radius 3 is 2.50 bits per heavy atom. The molecule has 5 nitrogen and oxygen atoms in total. The largest absolute Gasteiger partial charge is 0.440 e. The van der Waals surface area contributed by atoms with E-state index in [9.17, 15) is 18.0 Å². The number of halogens is 3. The van der Waals surface area contributed by atoms with Crippen LogP contribution >= 0.6 is 0 Å². The Hall–Kier alpha value is -1.02. The number of aliphatic hydroxyl groups excluding tert-OH is 2. The van der Waals surface area contributed by atoms with Gasteiger partial charge in [0, 0.05) is 6.54 Å². The van der Waals surface area contributed by atoms with Crippen molar-refractivity contribution in [3.05, 3.63) is 0 Å². The molecule has 0 aliphatic heterocycles. The molecular formula is C6H10F3NO4. The molecular weight excluding hydrogens is 207 g/mol. The molecule has 0 bridgehead atoms. The first-order chi connectivity index (χ1) is 6.35. The normalized spacial score (nSPS) is 13.5. The molecule has 0 spiro atoms. The summed E-state index contributed by atoms with van der Waals surface area (Å²) >= 11 is 0. The first kappa shape index (κ1) is 13.0. The van der Waals surface area contributed by atoms with Crippen LogP contribution in [0.5, 0.6) is 0 Å². The predicted molar refractivity (Wildman–Crippen MR) is 38.5 cm³/mol. The molecule has 0 radical (unpaired) electrons. The van der Waals surface area contributed by atoms with Crippen molar-refractivity contribution in [3.8, 4) is 0 Å². The van der Waals surface area contributed by atoms with Crippen LogP contribution in [0.3, 0.4) is 0 Å². The van der Waals surface area contributed by atoms with E-state index < -0.39 is 31.6 Å². The van der Waals surface area contributed by atoms with Gasteiger partial charge in [-0.25, -0.2) is 4.79 Å². The van der Waals surface area contributed by atoms with Crippen molar-refractivity contribution in [3.63, 3.8) is 0 Å². The summed E-state index contributed by atoms with van der Waals surface area (Å²) in [4.78, 5) is 10.5. The Balaban J connectivity index is 3.57. The standard InChI is InChI=1S/C6H10F3NO4/c7-6(8,9)3-14-5(13)10-1-4(12)2-11/h4,11-12H,1-3H2,(H,10,13). The number of hydrogen-bond donors (Lipinski definition) is 3. The van der Waals surface area contributed by atoms with Gasteiger partial charge in [-0.2, -0.15) is 13.2 Å². The Morgan fingerprint density at radius 2 is 2.07 bits per heavy atom. The third-order valence-corrected chi connectivity index (χ3v) is 1.06. The van der Waals surface area contributed by atoms with Gasteiger partial charge in [-0.05, 0) is 0 Å². The Bertz CT molecular complexity index is 184. The van der Waals surface area contributed by atoms with Gasteiger partial charge < -0.3 is 20.3 Å². The van der Waals surface area contributed by atoms with Crippen molar-refractivity contribution in [1.82, 2.24) is 5.32 Å². The number of carbonyl (C=O) groups is 1. The summed E-state index contributed by atoms with van der Waals surface area (Å²) in [6.07, 6.45) is -7.09. The van der Waals surface area contributed by atoms with E-state index in [-0.39, 0.29) is 6.54 Å². The fourth-order valence-corrected chi connectivity index (χ4v) is 0.464. The van der Waals surface area contributed by atoms with Crippen molar-refractivity contribution in [1.29, 1.82) is 0 Å². The van der Waals surface area contributed by atoms with E-state index >= 15 is 0 Å². The van der Waals surface area contributed by atoms with Crippen LogP contribution < -0.4 is 5.32 Å². The summed E-state index contributed by atoms with van der Waals surface area (Å²) in [7, 11) is 0. The van der Waals surface area contributed by atoms with Crippen LogP contribution in [0.1, 0.15) is 0 Å². The Kier molecular flexibility index (Phi) is 5.24. The lowest BCUT2D eigenvalue weighted by Gasteiger charge is -2.10. The molecule has 0 saturated carbocycles. The predicted octanol–water partition coefficient (Wildman–Crippen LogP) is -0.372. The van der Waals surface area contributed by atoms with Gasteiger partial charge in [0.2, 0.25) is 0 Å². The first-order valence-corrected chi connectivity index (χ1v) is 3.61. The molecule has 1 atom stereocenters. The summed E-state index contributed by atoms with van der Waals surface area (Å²) < 4.78 is 38.2. The van der Waals surface area contributed by atoms with E-state index in [0.717, 1.165) is 0 Å². The number of alkyl carbamates (subject to hydrolysis) is 1. The number of nitrogens with one attached hydrogen (secondary N) is 1. The Morgan fingerprint density at radius 1 is 1.50 bits per heavy atom. The summed E-state index contributed by atoms with van der Waals surface area (Å²) in [6.45, 7) is -2.65. The van der Waals surface area contributed by atoms with Gasteiger partial charge in [0.15, 0.2) is 6.61 Å². The molecule has 0 aromatic carbocycles. The van der Waals surface area contributed by atoms with Gasteiger partial charge in [0.05, 0.1) is 12.7 Å². The maximum atomic E-state index is 11.5. The maximum Gasteiger partial charge on any atom is 0.422 e. The van der Waals surface area contributed by atoms with E-state index in [2.05, 4.69) is 4.74 Å². The zero-order chi connectivity index (χ0) is 11.2. The number of ether oxygens (including phenoxy) is 1. The van der Waals surface area contributed by atoms with E-state index in [1.54, 1.807) is 0 Å². The van der Waals surface area contributed by atoms with E-state index in [1.165, 1.54) is 0 Å². The van der Waals surface area contributed by atoms with Gasteiger partial charge in [-0.1, -0.05) is 0 Å². The molecule has 0 fully saturated rings. The molecule has 0 aromatic rings. The van der Waals surface area contributed by atoms with Crippen LogP contribution in [-0.4, -0.2) is 48.3 Å². The fraction of sp³-hybridized carbons (Fsp3) is 0.833. The lowest BCUT2D eigenvalue weighted by atomic mass is 10.4. The van der Waals surface area contributed by atoms with Crippen LogP contribution in [0.25, 0.3) is 0 Å². The van der Waals surface area contributed by atoms with Crippen molar-refractivity contribution in [2.24, 2.45) is 0 Å². The highest BCUT2D eigenvalue weighted by Gasteiger charge is 2.29.